The summed E-state index contributed by atoms with van der Waals surface area (Å²) < 4.78 is 37.8. The Bertz CT molecular complexity index is 1270. The van der Waals surface area contributed by atoms with Crippen molar-refractivity contribution in [2.24, 2.45) is 0 Å². The summed E-state index contributed by atoms with van der Waals surface area (Å²) in [5, 5.41) is 11.3. The van der Waals surface area contributed by atoms with Gasteiger partial charge in [-0.3, -0.25) is 9.29 Å². The van der Waals surface area contributed by atoms with E-state index in [4.69, 9.17) is 23.2 Å². The second-order valence-corrected chi connectivity index (χ2v) is 14.0. The highest BCUT2D eigenvalue weighted by molar-refractivity contribution is 8.36. The maximum absolute atomic E-state index is 12.5. The SMILES string of the molecule is CC(C)N(c1c(Cl)ccc(C2=C(O)c3ncccc3C(C)(C)S2=S=O)c1Cl)S(C)(=O)=O. The van der Waals surface area contributed by atoms with Gasteiger partial charge >= 0.3 is 0 Å². The number of hydrogen-bond donors (Lipinski definition) is 1. The Hall–Kier alpha value is -1.39. The van der Waals surface area contributed by atoms with Gasteiger partial charge in [-0.2, -0.15) is 0 Å². The Labute approximate surface area is 197 Å². The molecule has 1 unspecified atom stereocenters. The molecule has 0 aliphatic carbocycles. The molecule has 1 N–H and O–H groups in total. The number of sulfonamides is 1. The fraction of sp³-hybridized carbons (Fsp3) is 0.350. The van der Waals surface area contributed by atoms with Crippen molar-refractivity contribution in [1.82, 2.24) is 4.98 Å². The molecule has 2 heterocycles. The molecule has 3 rings (SSSR count). The van der Waals surface area contributed by atoms with Gasteiger partial charge in [0, 0.05) is 22.5 Å². The van der Waals surface area contributed by atoms with E-state index in [9.17, 15) is 17.7 Å². The van der Waals surface area contributed by atoms with Crippen molar-refractivity contribution in [3.63, 3.8) is 0 Å². The maximum atomic E-state index is 12.5. The summed E-state index contributed by atoms with van der Waals surface area (Å²) in [5.41, 5.74) is 1.59. The molecule has 0 radical (unpaired) electrons. The minimum Gasteiger partial charge on any atom is -0.505 e. The molecule has 2 aromatic rings. The highest BCUT2D eigenvalue weighted by atomic mass is 35.5. The second-order valence-electron chi connectivity index (χ2n) is 7.83. The van der Waals surface area contributed by atoms with Gasteiger partial charge in [-0.05, 0) is 54.8 Å². The van der Waals surface area contributed by atoms with Crippen LogP contribution in [0.15, 0.2) is 30.5 Å². The number of fused-ring (bicyclic) bond motifs is 1. The number of aliphatic hydroxyl groups excluding tert-OH is 1. The summed E-state index contributed by atoms with van der Waals surface area (Å²) in [7, 11) is -4.39. The van der Waals surface area contributed by atoms with Crippen molar-refractivity contribution in [2.45, 2.75) is 38.5 Å². The number of hydrogen-bond acceptors (Lipinski definition) is 5. The fourth-order valence-electron chi connectivity index (χ4n) is 3.70. The van der Waals surface area contributed by atoms with Crippen LogP contribution >= 0.6 is 23.2 Å². The number of halogens is 2. The fourth-order valence-corrected chi connectivity index (χ4v) is 9.04. The van der Waals surface area contributed by atoms with Gasteiger partial charge in [0.25, 0.3) is 0 Å². The van der Waals surface area contributed by atoms with Gasteiger partial charge in [0.2, 0.25) is 10.0 Å². The summed E-state index contributed by atoms with van der Waals surface area (Å²) in [5.74, 6) is -0.146. The van der Waals surface area contributed by atoms with E-state index < -0.39 is 30.3 Å². The summed E-state index contributed by atoms with van der Waals surface area (Å²) >= 11 is 13.1. The van der Waals surface area contributed by atoms with Gasteiger partial charge < -0.3 is 5.11 Å². The summed E-state index contributed by atoms with van der Waals surface area (Å²) in [6.45, 7) is 7.24. The molecule has 1 aliphatic rings. The zero-order valence-corrected chi connectivity index (χ0v) is 21.5. The van der Waals surface area contributed by atoms with Crippen LogP contribution in [-0.4, -0.2) is 35.0 Å². The molecule has 0 bridgehead atoms. The molecule has 0 saturated carbocycles. The zero-order valence-electron chi connectivity index (χ0n) is 17.5. The van der Waals surface area contributed by atoms with E-state index in [-0.39, 0.29) is 21.5 Å². The molecule has 1 aliphatic heterocycles. The highest BCUT2D eigenvalue weighted by Crippen LogP contribution is 2.49. The molecule has 1 aromatic carbocycles. The van der Waals surface area contributed by atoms with Crippen LogP contribution in [0.1, 0.15) is 44.5 Å². The van der Waals surface area contributed by atoms with Crippen LogP contribution < -0.4 is 4.31 Å². The van der Waals surface area contributed by atoms with Gasteiger partial charge in [-0.15, -0.1) is 0 Å². The van der Waals surface area contributed by atoms with Gasteiger partial charge in [0.1, 0.15) is 15.9 Å². The van der Waals surface area contributed by atoms with Gasteiger partial charge in [-0.1, -0.05) is 35.3 Å². The lowest BCUT2D eigenvalue weighted by Gasteiger charge is -2.35. The lowest BCUT2D eigenvalue weighted by atomic mass is 9.98. The molecule has 11 heteroatoms. The van der Waals surface area contributed by atoms with E-state index in [1.165, 1.54) is 6.07 Å². The van der Waals surface area contributed by atoms with Crippen molar-refractivity contribution < 1.29 is 17.7 Å². The molecule has 0 fully saturated rings. The standard InChI is InChI=1S/C20H22Cl2N2O4S3/c1-11(2)24(31(5,27)28)17-14(21)9-8-12(15(17)22)19-18(25)16-13(7-6-10-23-16)20(3,4)30(19)29-26/h6-11,25H,1-5H3. The molecule has 1 aromatic heterocycles. The first-order chi connectivity index (χ1) is 14.3. The first-order valence-corrected chi connectivity index (χ1v) is 14.3. The van der Waals surface area contributed by atoms with Crippen LogP contribution in [0.3, 0.4) is 0 Å². The predicted molar refractivity (Wildman–Crippen MR) is 131 cm³/mol. The molecule has 31 heavy (non-hydrogen) atoms. The van der Waals surface area contributed by atoms with Crippen LogP contribution in [-0.2, 0) is 34.5 Å². The number of nitrogens with zero attached hydrogens (tertiary/aromatic N) is 2. The average Bonchev–Trinajstić information content (AvgIpc) is 2.67. The smallest absolute Gasteiger partial charge is 0.232 e. The Balaban J connectivity index is 2.42. The lowest BCUT2D eigenvalue weighted by molar-refractivity contribution is 0.507. The molecule has 168 valence electrons. The third-order valence-electron chi connectivity index (χ3n) is 4.97. The monoisotopic (exact) mass is 520 g/mol. The molecule has 0 amide bonds. The van der Waals surface area contributed by atoms with Crippen molar-refractivity contribution >= 4 is 69.3 Å². The van der Waals surface area contributed by atoms with E-state index in [1.807, 2.05) is 19.9 Å². The second kappa shape index (κ2) is 8.51. The van der Waals surface area contributed by atoms with Crippen molar-refractivity contribution in [1.29, 1.82) is 0 Å². The Morgan fingerprint density at radius 1 is 1.23 bits per heavy atom. The number of benzene rings is 1. The normalized spacial score (nSPS) is 18.1. The highest BCUT2D eigenvalue weighted by Gasteiger charge is 2.40. The van der Waals surface area contributed by atoms with Crippen LogP contribution in [0.25, 0.3) is 10.7 Å². The number of rotatable bonds is 4. The molecule has 1 atom stereocenters. The van der Waals surface area contributed by atoms with Crippen LogP contribution in [0.5, 0.6) is 0 Å². The molecular weight excluding hydrogens is 499 g/mol. The molecule has 6 nitrogen and oxygen atoms in total. The number of pyridine rings is 1. The Morgan fingerprint density at radius 3 is 2.42 bits per heavy atom. The summed E-state index contributed by atoms with van der Waals surface area (Å²) in [6, 6.07) is 6.26. The van der Waals surface area contributed by atoms with Crippen molar-refractivity contribution in [3.05, 3.63) is 57.3 Å². The van der Waals surface area contributed by atoms with Gasteiger partial charge in [0.05, 0.1) is 26.9 Å². The van der Waals surface area contributed by atoms with Gasteiger partial charge in [0.15, 0.2) is 5.76 Å². The lowest BCUT2D eigenvalue weighted by Crippen LogP contribution is -2.36. The van der Waals surface area contributed by atoms with Crippen molar-refractivity contribution in [2.75, 3.05) is 10.6 Å². The zero-order chi connectivity index (χ0) is 23.3. The molecular formula is C20H22Cl2N2O4S3. The first kappa shape index (κ1) is 24.3. The van der Waals surface area contributed by atoms with E-state index in [2.05, 4.69) is 4.98 Å². The number of aromatic nitrogens is 1. The third kappa shape index (κ3) is 4.06. The van der Waals surface area contributed by atoms with Crippen LogP contribution in [0.2, 0.25) is 10.0 Å². The number of aliphatic hydroxyl groups is 1. The maximum Gasteiger partial charge on any atom is 0.232 e. The average molecular weight is 522 g/mol. The topological polar surface area (TPSA) is 87.6 Å². The van der Waals surface area contributed by atoms with E-state index in [1.54, 1.807) is 32.2 Å². The Kier molecular flexibility index (Phi) is 6.66. The quantitative estimate of drug-likeness (QED) is 0.616. The Morgan fingerprint density at radius 2 is 1.87 bits per heavy atom. The van der Waals surface area contributed by atoms with Crippen LogP contribution in [0, 0.1) is 0 Å². The van der Waals surface area contributed by atoms with E-state index in [0.29, 0.717) is 26.4 Å². The molecule has 0 spiro atoms. The number of anilines is 1. The van der Waals surface area contributed by atoms with E-state index in [0.717, 1.165) is 16.1 Å². The minimum absolute atomic E-state index is 0.0508. The predicted octanol–water partition coefficient (Wildman–Crippen LogP) is 4.94. The largest absolute Gasteiger partial charge is 0.505 e. The van der Waals surface area contributed by atoms with Crippen LogP contribution in [0.4, 0.5) is 5.69 Å². The van der Waals surface area contributed by atoms with E-state index >= 15 is 0 Å². The summed E-state index contributed by atoms with van der Waals surface area (Å²) in [6.07, 6.45) is 2.64. The minimum atomic E-state index is -3.70. The summed E-state index contributed by atoms with van der Waals surface area (Å²) in [4.78, 5) is 4.65. The van der Waals surface area contributed by atoms with Crippen molar-refractivity contribution in [3.8, 4) is 0 Å². The molecule has 0 saturated heterocycles. The third-order valence-corrected chi connectivity index (χ3v) is 11.2. The first-order valence-electron chi connectivity index (χ1n) is 9.25. The van der Waals surface area contributed by atoms with Gasteiger partial charge in [-0.25, -0.2) is 12.6 Å².